The molecule has 0 unspecified atom stereocenters. The van der Waals surface area contributed by atoms with Crippen molar-refractivity contribution >= 4 is 22.9 Å². The molecule has 0 radical (unpaired) electrons. The summed E-state index contributed by atoms with van der Waals surface area (Å²) >= 11 is 0. The second-order valence-electron chi connectivity index (χ2n) is 5.59. The lowest BCUT2D eigenvalue weighted by atomic mass is 10.0. The molecule has 1 aromatic heterocycles. The number of methoxy groups -OCH3 is 2. The van der Waals surface area contributed by atoms with Gasteiger partial charge in [-0.3, -0.25) is 4.79 Å². The van der Waals surface area contributed by atoms with E-state index in [0.717, 1.165) is 0 Å². The van der Waals surface area contributed by atoms with Crippen LogP contribution in [0.25, 0.3) is 11.0 Å². The Kier molecular flexibility index (Phi) is 5.46. The molecule has 134 valence electrons. The Balaban J connectivity index is 2.52. The Morgan fingerprint density at radius 3 is 2.40 bits per heavy atom. The number of hydrogen-bond acceptors (Lipinski definition) is 7. The highest BCUT2D eigenvalue weighted by atomic mass is 16.6. The van der Waals surface area contributed by atoms with Crippen LogP contribution in [0.4, 0.5) is 0 Å². The minimum Gasteiger partial charge on any atom is -0.479 e. The zero-order chi connectivity index (χ0) is 18.7. The molecule has 0 aliphatic carbocycles. The number of carbonyl (C=O) groups excluding carboxylic acids is 2. The molecule has 1 heterocycles. The van der Waals surface area contributed by atoms with Gasteiger partial charge in [0.05, 0.1) is 26.2 Å². The van der Waals surface area contributed by atoms with Crippen LogP contribution in [0.15, 0.2) is 21.3 Å². The molecule has 1 aromatic carbocycles. The summed E-state index contributed by atoms with van der Waals surface area (Å²) in [5.41, 5.74) is 1.24. The van der Waals surface area contributed by atoms with E-state index >= 15 is 0 Å². The van der Waals surface area contributed by atoms with Crippen LogP contribution in [0.2, 0.25) is 0 Å². The van der Waals surface area contributed by atoms with Crippen LogP contribution in [0.5, 0.6) is 5.75 Å². The van der Waals surface area contributed by atoms with Gasteiger partial charge in [0.2, 0.25) is 0 Å². The highest BCUT2D eigenvalue weighted by molar-refractivity contribution is 5.87. The molecule has 2 rings (SSSR count). The first-order chi connectivity index (χ1) is 11.8. The summed E-state index contributed by atoms with van der Waals surface area (Å²) in [6.07, 6.45) is -0.954. The normalized spacial score (nSPS) is 11.9. The largest absolute Gasteiger partial charge is 0.479 e. The van der Waals surface area contributed by atoms with Crippen molar-refractivity contribution in [2.45, 2.75) is 33.3 Å². The van der Waals surface area contributed by atoms with Crippen molar-refractivity contribution in [3.8, 4) is 5.75 Å². The van der Waals surface area contributed by atoms with Crippen molar-refractivity contribution in [3.05, 3.63) is 39.2 Å². The number of ether oxygens (including phenoxy) is 3. The van der Waals surface area contributed by atoms with Crippen molar-refractivity contribution in [2.75, 3.05) is 14.2 Å². The number of aryl methyl sites for hydroxylation is 2. The molecule has 7 nitrogen and oxygen atoms in total. The van der Waals surface area contributed by atoms with Gasteiger partial charge in [-0.1, -0.05) is 0 Å². The Bertz CT molecular complexity index is 879. The number of carbonyl (C=O) groups is 2. The minimum atomic E-state index is -0.799. The van der Waals surface area contributed by atoms with E-state index in [9.17, 15) is 14.4 Å². The van der Waals surface area contributed by atoms with Crippen LogP contribution >= 0.6 is 0 Å². The van der Waals surface area contributed by atoms with Crippen LogP contribution in [-0.4, -0.2) is 32.3 Å². The lowest BCUT2D eigenvalue weighted by Crippen LogP contribution is -2.25. The predicted molar refractivity (Wildman–Crippen MR) is 89.8 cm³/mol. The van der Waals surface area contributed by atoms with Gasteiger partial charge in [-0.05, 0) is 38.5 Å². The summed E-state index contributed by atoms with van der Waals surface area (Å²) in [6.45, 7) is 5.04. The third kappa shape index (κ3) is 3.65. The van der Waals surface area contributed by atoms with Crippen molar-refractivity contribution in [1.29, 1.82) is 0 Å². The topological polar surface area (TPSA) is 92.0 Å². The van der Waals surface area contributed by atoms with E-state index in [0.29, 0.717) is 27.8 Å². The smallest absolute Gasteiger partial charge is 0.346 e. The molecule has 2 aromatic rings. The van der Waals surface area contributed by atoms with Gasteiger partial charge in [0.1, 0.15) is 11.3 Å². The fourth-order valence-corrected chi connectivity index (χ4v) is 2.52. The van der Waals surface area contributed by atoms with Gasteiger partial charge < -0.3 is 18.6 Å². The molecule has 0 fully saturated rings. The van der Waals surface area contributed by atoms with Crippen molar-refractivity contribution < 1.29 is 28.2 Å². The molecule has 0 aliphatic rings. The molecule has 0 aliphatic heterocycles. The SMILES string of the molecule is COC(=O)Cc1c(C)c2ccc(O[C@@H](C)C(=O)OC)c(C)c2oc1=O. The van der Waals surface area contributed by atoms with Gasteiger partial charge in [0, 0.05) is 10.9 Å². The summed E-state index contributed by atoms with van der Waals surface area (Å²) in [6, 6.07) is 3.41. The van der Waals surface area contributed by atoms with E-state index in [4.69, 9.17) is 9.15 Å². The number of fused-ring (bicyclic) bond motifs is 1. The molecule has 0 N–H and O–H groups in total. The van der Waals surface area contributed by atoms with Gasteiger partial charge >= 0.3 is 17.6 Å². The Hall–Kier alpha value is -2.83. The van der Waals surface area contributed by atoms with Crippen molar-refractivity contribution in [1.82, 2.24) is 0 Å². The highest BCUT2D eigenvalue weighted by Gasteiger charge is 2.20. The Labute approximate surface area is 144 Å². The van der Waals surface area contributed by atoms with Crippen LogP contribution in [-0.2, 0) is 25.5 Å². The second kappa shape index (κ2) is 7.38. The summed E-state index contributed by atoms with van der Waals surface area (Å²) in [4.78, 5) is 35.3. The first-order valence-electron chi connectivity index (χ1n) is 7.67. The lowest BCUT2D eigenvalue weighted by Gasteiger charge is -2.16. The van der Waals surface area contributed by atoms with E-state index in [1.807, 2.05) is 0 Å². The predicted octanol–water partition coefficient (Wildman–Crippen LogP) is 2.07. The monoisotopic (exact) mass is 348 g/mol. The van der Waals surface area contributed by atoms with Crippen LogP contribution in [0.3, 0.4) is 0 Å². The number of esters is 2. The third-order valence-electron chi connectivity index (χ3n) is 4.04. The van der Waals surface area contributed by atoms with Crippen LogP contribution < -0.4 is 10.4 Å². The molecule has 0 amide bonds. The fraction of sp³-hybridized carbons (Fsp3) is 0.389. The molecule has 0 bridgehead atoms. The third-order valence-corrected chi connectivity index (χ3v) is 4.04. The average molecular weight is 348 g/mol. The number of benzene rings is 1. The second-order valence-corrected chi connectivity index (χ2v) is 5.59. The minimum absolute atomic E-state index is 0.155. The van der Waals surface area contributed by atoms with Gasteiger partial charge in [-0.25, -0.2) is 9.59 Å². The van der Waals surface area contributed by atoms with E-state index < -0.39 is 23.7 Å². The zero-order valence-electron chi connectivity index (χ0n) is 14.8. The van der Waals surface area contributed by atoms with Gasteiger partial charge in [0.25, 0.3) is 0 Å². The summed E-state index contributed by atoms with van der Waals surface area (Å²) in [7, 11) is 2.54. The molecular weight excluding hydrogens is 328 g/mol. The molecule has 1 atom stereocenters. The van der Waals surface area contributed by atoms with Gasteiger partial charge in [0.15, 0.2) is 6.10 Å². The maximum absolute atomic E-state index is 12.3. The molecule has 0 saturated heterocycles. The molecule has 0 saturated carbocycles. The zero-order valence-corrected chi connectivity index (χ0v) is 14.8. The summed E-state index contributed by atoms with van der Waals surface area (Å²) in [5.74, 6) is -0.613. The molecule has 0 spiro atoms. The van der Waals surface area contributed by atoms with E-state index in [2.05, 4.69) is 9.47 Å². The number of rotatable bonds is 5. The summed E-state index contributed by atoms with van der Waals surface area (Å²) in [5, 5.41) is 0.689. The average Bonchev–Trinajstić information content (AvgIpc) is 2.60. The lowest BCUT2D eigenvalue weighted by molar-refractivity contribution is -0.148. The van der Waals surface area contributed by atoms with Gasteiger partial charge in [-0.2, -0.15) is 0 Å². The highest BCUT2D eigenvalue weighted by Crippen LogP contribution is 2.30. The standard InChI is InChI=1S/C18H20O7/c1-9-12-6-7-14(24-11(3)17(20)23-5)10(2)16(12)25-18(21)13(9)8-15(19)22-4/h6-7,11H,8H2,1-5H3/t11-/m0/s1. The van der Waals surface area contributed by atoms with E-state index in [1.165, 1.54) is 14.2 Å². The maximum atomic E-state index is 12.3. The van der Waals surface area contributed by atoms with E-state index in [1.54, 1.807) is 32.9 Å². The van der Waals surface area contributed by atoms with Gasteiger partial charge in [-0.15, -0.1) is 0 Å². The molecule has 25 heavy (non-hydrogen) atoms. The Morgan fingerprint density at radius 1 is 1.12 bits per heavy atom. The van der Waals surface area contributed by atoms with Crippen LogP contribution in [0, 0.1) is 13.8 Å². The Morgan fingerprint density at radius 2 is 1.80 bits per heavy atom. The number of hydrogen-bond donors (Lipinski definition) is 0. The van der Waals surface area contributed by atoms with Crippen LogP contribution in [0.1, 0.15) is 23.6 Å². The first-order valence-corrected chi connectivity index (χ1v) is 7.67. The quantitative estimate of drug-likeness (QED) is 0.603. The maximum Gasteiger partial charge on any atom is 0.346 e. The van der Waals surface area contributed by atoms with E-state index in [-0.39, 0.29) is 12.0 Å². The fourth-order valence-electron chi connectivity index (χ4n) is 2.52. The molecule has 7 heteroatoms. The van der Waals surface area contributed by atoms with Crippen molar-refractivity contribution in [3.63, 3.8) is 0 Å². The first kappa shape index (κ1) is 18.5. The summed E-state index contributed by atoms with van der Waals surface area (Å²) < 4.78 is 20.2. The van der Waals surface area contributed by atoms with Crippen molar-refractivity contribution in [2.24, 2.45) is 0 Å². The molecular formula is C18H20O7.